The van der Waals surface area contributed by atoms with E-state index in [0.717, 1.165) is 11.1 Å². The summed E-state index contributed by atoms with van der Waals surface area (Å²) in [4.78, 5) is 24.7. The standard InChI is InChI=1S/C25H23N3O3/c1-3-7-18-9-6-10-20(23(18)29)16-26-28-24(30)19-12-14-21(15-13-19)27-25(31)22-11-5-4-8-17(22)2/h3-6,8-16,29H,1,7H2,2H3,(H,27,31)(H,28,30)/b26-16+. The van der Waals surface area contributed by atoms with Gasteiger partial charge in [-0.1, -0.05) is 36.4 Å². The van der Waals surface area contributed by atoms with Crippen LogP contribution in [0.5, 0.6) is 5.75 Å². The predicted octanol–water partition coefficient (Wildman–Crippen LogP) is 4.45. The van der Waals surface area contributed by atoms with E-state index in [1.54, 1.807) is 54.6 Å². The van der Waals surface area contributed by atoms with Gasteiger partial charge in [0.05, 0.1) is 6.21 Å². The Morgan fingerprint density at radius 3 is 2.45 bits per heavy atom. The second-order valence-electron chi connectivity index (χ2n) is 6.89. The van der Waals surface area contributed by atoms with Crippen molar-refractivity contribution in [2.75, 3.05) is 5.32 Å². The first-order chi connectivity index (χ1) is 15.0. The molecule has 0 spiro atoms. The Balaban J connectivity index is 1.61. The zero-order chi connectivity index (χ0) is 22.2. The Kier molecular flexibility index (Phi) is 6.96. The summed E-state index contributed by atoms with van der Waals surface area (Å²) < 4.78 is 0. The summed E-state index contributed by atoms with van der Waals surface area (Å²) in [5.74, 6) is -0.512. The fourth-order valence-electron chi connectivity index (χ4n) is 2.99. The maximum absolute atomic E-state index is 12.4. The van der Waals surface area contributed by atoms with Crippen LogP contribution in [0, 0.1) is 6.92 Å². The molecule has 156 valence electrons. The summed E-state index contributed by atoms with van der Waals surface area (Å²) in [6.07, 6.45) is 3.62. The van der Waals surface area contributed by atoms with Crippen LogP contribution in [-0.4, -0.2) is 23.1 Å². The topological polar surface area (TPSA) is 90.8 Å². The highest BCUT2D eigenvalue weighted by molar-refractivity contribution is 6.05. The molecule has 0 saturated carbocycles. The summed E-state index contributed by atoms with van der Waals surface area (Å²) >= 11 is 0. The summed E-state index contributed by atoms with van der Waals surface area (Å²) in [7, 11) is 0. The number of para-hydroxylation sites is 1. The minimum atomic E-state index is -0.408. The Morgan fingerprint density at radius 1 is 1.00 bits per heavy atom. The number of hydrogen-bond acceptors (Lipinski definition) is 4. The lowest BCUT2D eigenvalue weighted by molar-refractivity contribution is 0.0954. The van der Waals surface area contributed by atoms with E-state index in [4.69, 9.17) is 0 Å². The number of nitrogens with one attached hydrogen (secondary N) is 2. The third kappa shape index (κ3) is 5.45. The molecule has 0 aliphatic heterocycles. The lowest BCUT2D eigenvalue weighted by atomic mass is 10.1. The minimum absolute atomic E-state index is 0.106. The smallest absolute Gasteiger partial charge is 0.271 e. The second kappa shape index (κ2) is 10.0. The number of allylic oxidation sites excluding steroid dienone is 1. The molecule has 6 nitrogen and oxygen atoms in total. The number of aromatic hydroxyl groups is 1. The van der Waals surface area contributed by atoms with Crippen LogP contribution >= 0.6 is 0 Å². The predicted molar refractivity (Wildman–Crippen MR) is 123 cm³/mol. The molecular formula is C25H23N3O3. The average Bonchev–Trinajstić information content (AvgIpc) is 2.77. The van der Waals surface area contributed by atoms with Gasteiger partial charge in [0.2, 0.25) is 0 Å². The van der Waals surface area contributed by atoms with Crippen molar-refractivity contribution in [3.05, 3.63) is 107 Å². The molecule has 0 heterocycles. The van der Waals surface area contributed by atoms with Gasteiger partial charge in [-0.05, 0) is 60.9 Å². The molecule has 0 aromatic heterocycles. The minimum Gasteiger partial charge on any atom is -0.507 e. The molecule has 0 aliphatic rings. The van der Waals surface area contributed by atoms with E-state index < -0.39 is 5.91 Å². The Hall–Kier alpha value is -4.19. The number of carbonyl (C=O) groups is 2. The number of rotatable bonds is 7. The first-order valence-corrected chi connectivity index (χ1v) is 9.72. The number of hydrogen-bond donors (Lipinski definition) is 3. The summed E-state index contributed by atoms with van der Waals surface area (Å²) in [6, 6.07) is 19.1. The number of nitrogens with zero attached hydrogens (tertiary/aromatic N) is 1. The van der Waals surface area contributed by atoms with E-state index in [2.05, 4.69) is 22.4 Å². The van der Waals surface area contributed by atoms with Crippen molar-refractivity contribution in [3.63, 3.8) is 0 Å². The number of phenols is 1. The van der Waals surface area contributed by atoms with Gasteiger partial charge in [-0.15, -0.1) is 6.58 Å². The fourth-order valence-corrected chi connectivity index (χ4v) is 2.99. The van der Waals surface area contributed by atoms with Crippen LogP contribution in [0.3, 0.4) is 0 Å². The molecule has 0 atom stereocenters. The number of amides is 2. The normalized spacial score (nSPS) is 10.6. The van der Waals surface area contributed by atoms with Gasteiger partial charge in [0, 0.05) is 22.4 Å². The maximum atomic E-state index is 12.4. The molecule has 2 amide bonds. The highest BCUT2D eigenvalue weighted by Gasteiger charge is 2.10. The molecule has 31 heavy (non-hydrogen) atoms. The van der Waals surface area contributed by atoms with Crippen LogP contribution in [-0.2, 0) is 6.42 Å². The lowest BCUT2D eigenvalue weighted by Gasteiger charge is -2.08. The van der Waals surface area contributed by atoms with Crippen LogP contribution < -0.4 is 10.7 Å². The van der Waals surface area contributed by atoms with Crippen molar-refractivity contribution in [2.24, 2.45) is 5.10 Å². The van der Waals surface area contributed by atoms with Gasteiger partial charge in [0.15, 0.2) is 0 Å². The molecule has 3 aromatic carbocycles. The molecular weight excluding hydrogens is 390 g/mol. The SMILES string of the molecule is C=CCc1cccc(/C=N/NC(=O)c2ccc(NC(=O)c3ccccc3C)cc2)c1O. The van der Waals surface area contributed by atoms with Crippen LogP contribution in [0.1, 0.15) is 37.4 Å². The van der Waals surface area contributed by atoms with Crippen LogP contribution in [0.2, 0.25) is 0 Å². The quantitative estimate of drug-likeness (QED) is 0.304. The number of phenolic OH excluding ortho intramolecular Hbond substituents is 1. The van der Waals surface area contributed by atoms with Gasteiger partial charge >= 0.3 is 0 Å². The van der Waals surface area contributed by atoms with Gasteiger partial charge in [-0.25, -0.2) is 5.43 Å². The average molecular weight is 413 g/mol. The largest absolute Gasteiger partial charge is 0.507 e. The number of anilines is 1. The number of aryl methyl sites for hydroxylation is 1. The Labute approximate surface area is 180 Å². The zero-order valence-electron chi connectivity index (χ0n) is 17.1. The van der Waals surface area contributed by atoms with Crippen molar-refractivity contribution in [1.82, 2.24) is 5.43 Å². The van der Waals surface area contributed by atoms with Gasteiger partial charge in [0.1, 0.15) is 5.75 Å². The highest BCUT2D eigenvalue weighted by Crippen LogP contribution is 2.21. The molecule has 0 unspecified atom stereocenters. The number of carbonyl (C=O) groups excluding carboxylic acids is 2. The first-order valence-electron chi connectivity index (χ1n) is 9.72. The summed E-state index contributed by atoms with van der Waals surface area (Å²) in [5, 5.41) is 17.0. The molecule has 0 aliphatic carbocycles. The molecule has 0 radical (unpaired) electrons. The first kappa shape index (κ1) is 21.5. The molecule has 3 N–H and O–H groups in total. The molecule has 0 bridgehead atoms. The number of hydrazone groups is 1. The maximum Gasteiger partial charge on any atom is 0.271 e. The van der Waals surface area contributed by atoms with Gasteiger partial charge in [-0.2, -0.15) is 5.10 Å². The van der Waals surface area contributed by atoms with Gasteiger partial charge in [-0.3, -0.25) is 9.59 Å². The van der Waals surface area contributed by atoms with E-state index in [-0.39, 0.29) is 11.7 Å². The Morgan fingerprint density at radius 2 is 1.74 bits per heavy atom. The summed E-state index contributed by atoms with van der Waals surface area (Å²) in [6.45, 7) is 5.54. The third-order valence-electron chi connectivity index (χ3n) is 4.68. The number of benzene rings is 3. The van der Waals surface area contributed by atoms with Crippen LogP contribution in [0.25, 0.3) is 0 Å². The van der Waals surface area contributed by atoms with E-state index in [0.29, 0.717) is 28.8 Å². The molecule has 3 rings (SSSR count). The van der Waals surface area contributed by atoms with Gasteiger partial charge in [0.25, 0.3) is 11.8 Å². The van der Waals surface area contributed by atoms with E-state index in [1.807, 2.05) is 25.1 Å². The van der Waals surface area contributed by atoms with Crippen molar-refractivity contribution >= 4 is 23.7 Å². The van der Waals surface area contributed by atoms with Crippen molar-refractivity contribution in [3.8, 4) is 5.75 Å². The summed E-state index contributed by atoms with van der Waals surface area (Å²) in [5.41, 5.74) is 6.10. The monoisotopic (exact) mass is 413 g/mol. The van der Waals surface area contributed by atoms with Crippen molar-refractivity contribution < 1.29 is 14.7 Å². The molecule has 3 aromatic rings. The zero-order valence-corrected chi connectivity index (χ0v) is 17.1. The van der Waals surface area contributed by atoms with Crippen LogP contribution in [0.15, 0.2) is 84.5 Å². The van der Waals surface area contributed by atoms with Gasteiger partial charge < -0.3 is 10.4 Å². The van der Waals surface area contributed by atoms with Crippen molar-refractivity contribution in [1.29, 1.82) is 0 Å². The molecule has 6 heteroatoms. The highest BCUT2D eigenvalue weighted by atomic mass is 16.3. The van der Waals surface area contributed by atoms with E-state index in [1.165, 1.54) is 6.21 Å². The molecule has 0 fully saturated rings. The molecule has 0 saturated heterocycles. The van der Waals surface area contributed by atoms with E-state index >= 15 is 0 Å². The lowest BCUT2D eigenvalue weighted by Crippen LogP contribution is -2.18. The Bertz CT molecular complexity index is 1140. The second-order valence-corrected chi connectivity index (χ2v) is 6.89. The van der Waals surface area contributed by atoms with E-state index in [9.17, 15) is 14.7 Å². The van der Waals surface area contributed by atoms with Crippen LogP contribution in [0.4, 0.5) is 5.69 Å². The fraction of sp³-hybridized carbons (Fsp3) is 0.0800. The van der Waals surface area contributed by atoms with Crippen molar-refractivity contribution in [2.45, 2.75) is 13.3 Å². The third-order valence-corrected chi connectivity index (χ3v) is 4.68.